The average molecular weight is 440 g/mol. The first-order chi connectivity index (χ1) is 16.1. The van der Waals surface area contributed by atoms with Gasteiger partial charge in [0.25, 0.3) is 5.56 Å². The van der Waals surface area contributed by atoms with E-state index in [0.29, 0.717) is 17.7 Å². The van der Waals surface area contributed by atoms with Crippen LogP contribution in [0.2, 0.25) is 0 Å². The molecule has 1 N–H and O–H groups in total. The molecule has 2 aromatic carbocycles. The summed E-state index contributed by atoms with van der Waals surface area (Å²) in [6, 6.07) is 18.3. The predicted octanol–water partition coefficient (Wildman–Crippen LogP) is 3.20. The van der Waals surface area contributed by atoms with Crippen molar-refractivity contribution in [3.63, 3.8) is 0 Å². The normalized spacial score (nSPS) is 11.1. The van der Waals surface area contributed by atoms with Crippen LogP contribution in [0.1, 0.15) is 22.8 Å². The number of benzene rings is 2. The minimum absolute atomic E-state index is 0.167. The summed E-state index contributed by atoms with van der Waals surface area (Å²) in [4.78, 5) is 36.1. The largest absolute Gasteiger partial charge is 0.462 e. The molecule has 0 aliphatic rings. The van der Waals surface area contributed by atoms with Crippen LogP contribution in [0.3, 0.4) is 0 Å². The van der Waals surface area contributed by atoms with E-state index in [4.69, 9.17) is 4.74 Å². The van der Waals surface area contributed by atoms with Gasteiger partial charge in [0, 0.05) is 12.7 Å². The van der Waals surface area contributed by atoms with E-state index < -0.39 is 5.97 Å². The molecule has 0 atom stereocenters. The van der Waals surface area contributed by atoms with Gasteiger partial charge in [0.15, 0.2) is 11.2 Å². The Hall–Kier alpha value is -4.53. The minimum atomic E-state index is -0.491. The second kappa shape index (κ2) is 8.54. The maximum absolute atomic E-state index is 12.8. The fraction of sp³-hybridized carbons (Fsp3) is 0.125. The van der Waals surface area contributed by atoms with Gasteiger partial charge >= 0.3 is 5.97 Å². The standard InChI is InChI=1S/C24H20N6O3/c1-2-33-23(32)19-12-26-30(14-19)24-27-21-20(22(31)28-24)29(15-25-21)13-16-8-10-18(11-9-16)17-6-4-3-5-7-17/h3-12,14-15H,2,13H2,1H3,(H,27,28,31). The molecule has 0 aliphatic carbocycles. The smallest absolute Gasteiger partial charge is 0.341 e. The van der Waals surface area contributed by atoms with Crippen molar-refractivity contribution in [3.05, 3.63) is 94.8 Å². The average Bonchev–Trinajstić information content (AvgIpc) is 3.48. The lowest BCUT2D eigenvalue weighted by Crippen LogP contribution is -2.16. The van der Waals surface area contributed by atoms with E-state index in [1.165, 1.54) is 17.1 Å². The zero-order valence-corrected chi connectivity index (χ0v) is 17.8. The number of esters is 1. The number of fused-ring (bicyclic) bond motifs is 1. The van der Waals surface area contributed by atoms with E-state index in [0.717, 1.165) is 16.7 Å². The fourth-order valence-corrected chi connectivity index (χ4v) is 3.59. The molecule has 0 unspecified atom stereocenters. The Kier molecular flexibility index (Phi) is 5.27. The Morgan fingerprint density at radius 2 is 1.82 bits per heavy atom. The van der Waals surface area contributed by atoms with Gasteiger partial charge in [0.05, 0.1) is 24.7 Å². The number of H-pyrrole nitrogens is 1. The van der Waals surface area contributed by atoms with E-state index in [-0.39, 0.29) is 23.7 Å². The first-order valence-corrected chi connectivity index (χ1v) is 10.4. The zero-order valence-electron chi connectivity index (χ0n) is 17.8. The van der Waals surface area contributed by atoms with Gasteiger partial charge in [-0.05, 0) is 23.6 Å². The lowest BCUT2D eigenvalue weighted by Gasteiger charge is -2.07. The number of carbonyl (C=O) groups is 1. The van der Waals surface area contributed by atoms with Crippen molar-refractivity contribution in [2.24, 2.45) is 0 Å². The number of aromatic nitrogens is 6. The molecule has 5 aromatic rings. The lowest BCUT2D eigenvalue weighted by molar-refractivity contribution is 0.0526. The van der Waals surface area contributed by atoms with Crippen LogP contribution in [0, 0.1) is 0 Å². The summed E-state index contributed by atoms with van der Waals surface area (Å²) in [6.07, 6.45) is 4.40. The maximum atomic E-state index is 12.8. The van der Waals surface area contributed by atoms with Crippen LogP contribution in [0.5, 0.6) is 0 Å². The van der Waals surface area contributed by atoms with Crippen LogP contribution in [0.15, 0.2) is 78.1 Å². The number of aromatic amines is 1. The number of hydrogen-bond acceptors (Lipinski definition) is 6. The van der Waals surface area contributed by atoms with Crippen molar-refractivity contribution in [1.29, 1.82) is 0 Å². The molecule has 0 fully saturated rings. The molecular weight excluding hydrogens is 420 g/mol. The van der Waals surface area contributed by atoms with Crippen LogP contribution in [-0.2, 0) is 11.3 Å². The number of carbonyl (C=O) groups excluding carboxylic acids is 1. The number of imidazole rings is 1. The summed E-state index contributed by atoms with van der Waals surface area (Å²) >= 11 is 0. The summed E-state index contributed by atoms with van der Waals surface area (Å²) < 4.78 is 8.04. The van der Waals surface area contributed by atoms with Crippen LogP contribution < -0.4 is 5.56 Å². The summed E-state index contributed by atoms with van der Waals surface area (Å²) in [6.45, 7) is 2.46. The van der Waals surface area contributed by atoms with Gasteiger partial charge in [-0.2, -0.15) is 10.1 Å². The highest BCUT2D eigenvalue weighted by Gasteiger charge is 2.15. The molecule has 3 heterocycles. The Balaban J connectivity index is 1.41. The predicted molar refractivity (Wildman–Crippen MR) is 122 cm³/mol. The summed E-state index contributed by atoms with van der Waals surface area (Å²) in [5, 5.41) is 4.09. The number of hydrogen-bond donors (Lipinski definition) is 1. The third-order valence-electron chi connectivity index (χ3n) is 5.20. The molecule has 0 spiro atoms. The number of rotatable bonds is 6. The van der Waals surface area contributed by atoms with Crippen molar-refractivity contribution >= 4 is 17.1 Å². The van der Waals surface area contributed by atoms with E-state index in [2.05, 4.69) is 44.3 Å². The quantitative estimate of drug-likeness (QED) is 0.406. The van der Waals surface area contributed by atoms with Gasteiger partial charge < -0.3 is 9.30 Å². The second-order valence-corrected chi connectivity index (χ2v) is 7.39. The molecule has 5 rings (SSSR count). The van der Waals surface area contributed by atoms with E-state index >= 15 is 0 Å². The third-order valence-corrected chi connectivity index (χ3v) is 5.20. The maximum Gasteiger partial charge on any atom is 0.341 e. The van der Waals surface area contributed by atoms with Gasteiger partial charge in [0.2, 0.25) is 5.95 Å². The summed E-state index contributed by atoms with van der Waals surface area (Å²) in [7, 11) is 0. The third kappa shape index (κ3) is 4.03. The van der Waals surface area contributed by atoms with E-state index in [1.54, 1.807) is 17.8 Å². The Morgan fingerprint density at radius 1 is 1.06 bits per heavy atom. The van der Waals surface area contributed by atoms with Gasteiger partial charge in [-0.15, -0.1) is 0 Å². The van der Waals surface area contributed by atoms with Gasteiger partial charge in [0.1, 0.15) is 0 Å². The van der Waals surface area contributed by atoms with Gasteiger partial charge in [-0.25, -0.2) is 14.5 Å². The first kappa shape index (κ1) is 20.4. The van der Waals surface area contributed by atoms with Crippen molar-refractivity contribution in [3.8, 4) is 17.1 Å². The van der Waals surface area contributed by atoms with Gasteiger partial charge in [-0.1, -0.05) is 54.6 Å². The van der Waals surface area contributed by atoms with Gasteiger partial charge in [-0.3, -0.25) is 9.78 Å². The van der Waals surface area contributed by atoms with E-state index in [9.17, 15) is 9.59 Å². The van der Waals surface area contributed by atoms with Crippen LogP contribution in [0.4, 0.5) is 0 Å². The first-order valence-electron chi connectivity index (χ1n) is 10.4. The molecule has 0 saturated carbocycles. The van der Waals surface area contributed by atoms with Crippen molar-refractivity contribution in [2.45, 2.75) is 13.5 Å². The summed E-state index contributed by atoms with van der Waals surface area (Å²) in [5.74, 6) is -0.324. The molecule has 164 valence electrons. The molecule has 33 heavy (non-hydrogen) atoms. The molecule has 9 nitrogen and oxygen atoms in total. The molecule has 0 amide bonds. The Bertz CT molecular complexity index is 1480. The lowest BCUT2D eigenvalue weighted by atomic mass is 10.0. The van der Waals surface area contributed by atoms with Crippen molar-refractivity contribution in [2.75, 3.05) is 6.61 Å². The molecule has 9 heteroatoms. The second-order valence-electron chi connectivity index (χ2n) is 7.39. The molecule has 3 aromatic heterocycles. The van der Waals surface area contributed by atoms with Crippen molar-refractivity contribution in [1.82, 2.24) is 29.3 Å². The number of ether oxygens (including phenoxy) is 1. The monoisotopic (exact) mass is 440 g/mol. The van der Waals surface area contributed by atoms with E-state index in [1.807, 2.05) is 30.3 Å². The zero-order chi connectivity index (χ0) is 22.8. The molecule has 0 radical (unpaired) electrons. The molecule has 0 saturated heterocycles. The number of nitrogens with one attached hydrogen (secondary N) is 1. The SMILES string of the molecule is CCOC(=O)c1cnn(-c2nc3ncn(Cc4ccc(-c5ccccc5)cc4)c3c(=O)[nH]2)c1. The van der Waals surface area contributed by atoms with Crippen LogP contribution in [0.25, 0.3) is 28.2 Å². The van der Waals surface area contributed by atoms with Crippen molar-refractivity contribution < 1.29 is 9.53 Å². The Labute approximate surface area is 188 Å². The molecular formula is C24H20N6O3. The Morgan fingerprint density at radius 3 is 2.58 bits per heavy atom. The highest BCUT2D eigenvalue weighted by atomic mass is 16.5. The topological polar surface area (TPSA) is 108 Å². The fourth-order valence-electron chi connectivity index (χ4n) is 3.59. The minimum Gasteiger partial charge on any atom is -0.462 e. The van der Waals surface area contributed by atoms with Crippen LogP contribution in [-0.4, -0.2) is 41.9 Å². The molecule has 0 aliphatic heterocycles. The number of nitrogens with zero attached hydrogens (tertiary/aromatic N) is 5. The van der Waals surface area contributed by atoms with Crippen LogP contribution >= 0.6 is 0 Å². The highest BCUT2D eigenvalue weighted by molar-refractivity contribution is 5.88. The summed E-state index contributed by atoms with van der Waals surface area (Å²) in [5.41, 5.74) is 3.89. The highest BCUT2D eigenvalue weighted by Crippen LogP contribution is 2.20. The molecule has 0 bridgehead atoms.